The number of unbranched alkanes of at least 4 members (excludes halogenated alkanes) is 1. The number of carbonyl (C=O) groups is 2. The lowest BCUT2D eigenvalue weighted by molar-refractivity contribution is -0.132. The first-order valence-electron chi connectivity index (χ1n) is 8.78. The average molecular weight is 384 g/mol. The summed E-state index contributed by atoms with van der Waals surface area (Å²) in [5.41, 5.74) is 6.28. The fourth-order valence-electron chi connectivity index (χ4n) is 2.51. The molecule has 1 rings (SSSR count). The Kier molecular flexibility index (Phi) is 11.0. The van der Waals surface area contributed by atoms with Crippen LogP contribution in [0.1, 0.15) is 31.2 Å². The van der Waals surface area contributed by atoms with Gasteiger partial charge in [-0.1, -0.05) is 30.3 Å². The number of hydrogen-bond donors (Lipinski definition) is 6. The predicted octanol–water partition coefficient (Wildman–Crippen LogP) is -0.0417. The Bertz CT molecular complexity index is 542. The van der Waals surface area contributed by atoms with Gasteiger partial charge < -0.3 is 26.6 Å². The minimum atomic E-state index is -1.67. The maximum atomic E-state index is 12.5. The summed E-state index contributed by atoms with van der Waals surface area (Å²) < 4.78 is 0. The highest BCUT2D eigenvalue weighted by atomic mass is 32.1. The van der Waals surface area contributed by atoms with Crippen molar-refractivity contribution in [3.63, 3.8) is 0 Å². The molecule has 0 fully saturated rings. The van der Waals surface area contributed by atoms with Gasteiger partial charge in [0.25, 0.3) is 0 Å². The zero-order valence-electron chi connectivity index (χ0n) is 14.8. The molecule has 2 amide bonds. The number of amides is 2. The van der Waals surface area contributed by atoms with E-state index in [1.165, 1.54) is 0 Å². The number of nitrogens with two attached hydrogens (primary N) is 1. The van der Waals surface area contributed by atoms with Gasteiger partial charge in [-0.2, -0.15) is 12.6 Å². The molecule has 0 saturated carbocycles. The van der Waals surface area contributed by atoms with E-state index >= 15 is 0 Å². The normalized spacial score (nSPS) is 13.3. The molecule has 0 radical (unpaired) electrons. The fourth-order valence-corrected chi connectivity index (χ4v) is 2.77. The zero-order chi connectivity index (χ0) is 19.4. The zero-order valence-corrected chi connectivity index (χ0v) is 15.7. The molecule has 0 aliphatic carbocycles. The van der Waals surface area contributed by atoms with Crippen molar-refractivity contribution in [3.8, 4) is 0 Å². The predicted molar refractivity (Wildman–Crippen MR) is 104 cm³/mol. The van der Waals surface area contributed by atoms with E-state index in [-0.39, 0.29) is 12.3 Å². The van der Waals surface area contributed by atoms with Gasteiger partial charge in [-0.05, 0) is 43.5 Å². The third kappa shape index (κ3) is 8.66. The molecule has 0 spiro atoms. The van der Waals surface area contributed by atoms with E-state index in [1.807, 2.05) is 30.3 Å². The molecule has 2 atom stereocenters. The van der Waals surface area contributed by atoms with Gasteiger partial charge in [-0.15, -0.1) is 0 Å². The van der Waals surface area contributed by atoms with E-state index in [1.54, 1.807) is 0 Å². The topological polar surface area (TPSA) is 125 Å². The third-order valence-electron chi connectivity index (χ3n) is 3.93. The highest BCUT2D eigenvalue weighted by Gasteiger charge is 2.25. The summed E-state index contributed by atoms with van der Waals surface area (Å²) in [7, 11) is 0. The number of hydrogen-bond acceptors (Lipinski definition) is 6. The van der Waals surface area contributed by atoms with Crippen molar-refractivity contribution in [2.45, 2.75) is 50.5 Å². The van der Waals surface area contributed by atoms with Gasteiger partial charge in [0.05, 0.1) is 12.5 Å². The number of thiol groups is 1. The monoisotopic (exact) mass is 383 g/mol. The molecule has 6 N–H and O–H groups in total. The molecule has 0 aromatic heterocycles. The lowest BCUT2D eigenvalue weighted by Crippen LogP contribution is -2.53. The van der Waals surface area contributed by atoms with Crippen LogP contribution in [0.2, 0.25) is 0 Å². The number of benzene rings is 1. The maximum absolute atomic E-state index is 12.5. The molecule has 0 saturated heterocycles. The molecule has 26 heavy (non-hydrogen) atoms. The van der Waals surface area contributed by atoms with Gasteiger partial charge in [0.1, 0.15) is 6.04 Å². The molecular weight excluding hydrogens is 354 g/mol. The Morgan fingerprint density at radius 2 is 1.77 bits per heavy atom. The highest BCUT2D eigenvalue weighted by molar-refractivity contribution is 7.80. The summed E-state index contributed by atoms with van der Waals surface area (Å²) in [4.78, 5) is 24.7. The summed E-state index contributed by atoms with van der Waals surface area (Å²) in [6.45, 7) is 0.500. The number of nitrogens with one attached hydrogen (secondary N) is 2. The SMILES string of the molecule is NCCCCC(NC(=O)C(CCS)NC(=O)Cc1ccccc1)C(O)O. The van der Waals surface area contributed by atoms with E-state index in [0.717, 1.165) is 12.0 Å². The van der Waals surface area contributed by atoms with Crippen molar-refractivity contribution >= 4 is 24.4 Å². The van der Waals surface area contributed by atoms with Crippen LogP contribution in [-0.2, 0) is 16.0 Å². The van der Waals surface area contributed by atoms with Gasteiger partial charge in [-0.25, -0.2) is 0 Å². The minimum absolute atomic E-state index is 0.166. The first-order valence-corrected chi connectivity index (χ1v) is 9.42. The van der Waals surface area contributed by atoms with Crippen LogP contribution in [0.4, 0.5) is 0 Å². The molecular formula is C18H29N3O4S. The number of rotatable bonds is 12. The minimum Gasteiger partial charge on any atom is -0.366 e. The van der Waals surface area contributed by atoms with Crippen LogP contribution in [0.25, 0.3) is 0 Å². The molecule has 0 aliphatic heterocycles. The number of aliphatic hydroxyl groups excluding tert-OH is 1. The third-order valence-corrected chi connectivity index (χ3v) is 4.19. The lowest BCUT2D eigenvalue weighted by atomic mass is 10.1. The van der Waals surface area contributed by atoms with E-state index < -0.39 is 24.3 Å². The largest absolute Gasteiger partial charge is 0.366 e. The molecule has 8 heteroatoms. The number of aliphatic hydroxyl groups is 2. The van der Waals surface area contributed by atoms with E-state index in [0.29, 0.717) is 31.6 Å². The second-order valence-electron chi connectivity index (χ2n) is 6.11. The summed E-state index contributed by atoms with van der Waals surface area (Å²) in [6.07, 6.45) is 0.621. The summed E-state index contributed by atoms with van der Waals surface area (Å²) in [6, 6.07) is 7.64. The van der Waals surface area contributed by atoms with Crippen molar-refractivity contribution in [2.24, 2.45) is 5.73 Å². The fraction of sp³-hybridized carbons (Fsp3) is 0.556. The summed E-state index contributed by atoms with van der Waals surface area (Å²) >= 11 is 4.13. The van der Waals surface area contributed by atoms with Gasteiger partial charge in [0.2, 0.25) is 11.8 Å². The van der Waals surface area contributed by atoms with E-state index in [9.17, 15) is 19.8 Å². The van der Waals surface area contributed by atoms with Crippen LogP contribution in [-0.4, -0.2) is 52.7 Å². The Balaban J connectivity index is 2.62. The van der Waals surface area contributed by atoms with Gasteiger partial charge in [0.15, 0.2) is 6.29 Å². The van der Waals surface area contributed by atoms with Crippen LogP contribution in [0.15, 0.2) is 30.3 Å². The molecule has 146 valence electrons. The van der Waals surface area contributed by atoms with Crippen molar-refractivity contribution in [1.29, 1.82) is 0 Å². The number of carbonyl (C=O) groups excluding carboxylic acids is 2. The Hall–Kier alpha value is -1.61. The standard InChI is InChI=1S/C18H29N3O4S/c19-10-5-4-8-15(18(24)25)21-17(23)14(9-11-26)20-16(22)12-13-6-2-1-3-7-13/h1-3,6-7,14-15,18,24-26H,4-5,8-12,19H2,(H,20,22)(H,21,23). The van der Waals surface area contributed by atoms with Crippen molar-refractivity contribution in [2.75, 3.05) is 12.3 Å². The van der Waals surface area contributed by atoms with Crippen molar-refractivity contribution in [3.05, 3.63) is 35.9 Å². The maximum Gasteiger partial charge on any atom is 0.243 e. The lowest BCUT2D eigenvalue weighted by Gasteiger charge is -2.24. The quantitative estimate of drug-likeness (QED) is 0.172. The van der Waals surface area contributed by atoms with Crippen molar-refractivity contribution in [1.82, 2.24) is 10.6 Å². The molecule has 1 aromatic carbocycles. The highest BCUT2D eigenvalue weighted by Crippen LogP contribution is 2.06. The Morgan fingerprint density at radius 1 is 1.08 bits per heavy atom. The van der Waals surface area contributed by atoms with Gasteiger partial charge in [0, 0.05) is 0 Å². The summed E-state index contributed by atoms with van der Waals surface area (Å²) in [5.74, 6) is -0.322. The first kappa shape index (κ1) is 22.4. The molecule has 7 nitrogen and oxygen atoms in total. The van der Waals surface area contributed by atoms with Gasteiger partial charge >= 0.3 is 0 Å². The molecule has 2 unspecified atom stereocenters. The second kappa shape index (κ2) is 12.7. The van der Waals surface area contributed by atoms with Crippen LogP contribution in [0, 0.1) is 0 Å². The molecule has 0 bridgehead atoms. The van der Waals surface area contributed by atoms with Crippen LogP contribution >= 0.6 is 12.6 Å². The first-order chi connectivity index (χ1) is 12.5. The Morgan fingerprint density at radius 3 is 2.35 bits per heavy atom. The van der Waals surface area contributed by atoms with Crippen LogP contribution in [0.5, 0.6) is 0 Å². The van der Waals surface area contributed by atoms with E-state index in [4.69, 9.17) is 5.73 Å². The van der Waals surface area contributed by atoms with Crippen LogP contribution in [0.3, 0.4) is 0 Å². The van der Waals surface area contributed by atoms with Crippen LogP contribution < -0.4 is 16.4 Å². The summed E-state index contributed by atoms with van der Waals surface area (Å²) in [5, 5.41) is 24.2. The van der Waals surface area contributed by atoms with Crippen molar-refractivity contribution < 1.29 is 19.8 Å². The molecule has 1 aromatic rings. The second-order valence-corrected chi connectivity index (χ2v) is 6.56. The smallest absolute Gasteiger partial charge is 0.243 e. The van der Waals surface area contributed by atoms with E-state index in [2.05, 4.69) is 23.3 Å². The van der Waals surface area contributed by atoms with Gasteiger partial charge in [-0.3, -0.25) is 9.59 Å². The molecule has 0 heterocycles. The average Bonchev–Trinajstić information content (AvgIpc) is 2.61. The molecule has 0 aliphatic rings. The Labute approximate surface area is 159 Å².